The van der Waals surface area contributed by atoms with E-state index < -0.39 is 5.41 Å². The SMILES string of the molecule is CC12CCCCC1(C)N1c3cccc4c3B(c3ccccc3C4(c3cc#ccc3)c3ccccc3)c3cccc2c31. The van der Waals surface area contributed by atoms with Gasteiger partial charge in [0.1, 0.15) is 0 Å². The highest BCUT2D eigenvalue weighted by Crippen LogP contribution is 2.61. The molecule has 5 aromatic rings. The Morgan fingerprint density at radius 1 is 0.659 bits per heavy atom. The molecule has 196 valence electrons. The van der Waals surface area contributed by atoms with Gasteiger partial charge in [0.15, 0.2) is 0 Å². The summed E-state index contributed by atoms with van der Waals surface area (Å²) in [5.74, 6) is 0. The molecule has 3 aliphatic heterocycles. The number of fused-ring (bicyclic) bond motifs is 7. The predicted molar refractivity (Wildman–Crippen MR) is 170 cm³/mol. The van der Waals surface area contributed by atoms with Gasteiger partial charge in [-0.3, -0.25) is 0 Å². The Kier molecular flexibility index (Phi) is 4.56. The van der Waals surface area contributed by atoms with E-state index in [-0.39, 0.29) is 17.7 Å². The Morgan fingerprint density at radius 3 is 2.24 bits per heavy atom. The molecular formula is C39H32BN. The summed E-state index contributed by atoms with van der Waals surface area (Å²) in [6.07, 6.45) is 5.06. The van der Waals surface area contributed by atoms with E-state index >= 15 is 0 Å². The third-order valence-electron chi connectivity index (χ3n) is 11.5. The molecule has 0 bridgehead atoms. The van der Waals surface area contributed by atoms with Crippen LogP contribution in [0.3, 0.4) is 0 Å². The first-order valence-electron chi connectivity index (χ1n) is 15.2. The normalized spacial score (nSPS) is 24.0. The summed E-state index contributed by atoms with van der Waals surface area (Å²) in [7, 11) is 0. The van der Waals surface area contributed by atoms with Gasteiger partial charge in [-0.25, -0.2) is 0 Å². The lowest BCUT2D eigenvalue weighted by Crippen LogP contribution is -2.67. The van der Waals surface area contributed by atoms with Crippen LogP contribution >= 0.6 is 0 Å². The van der Waals surface area contributed by atoms with Crippen LogP contribution in [0.15, 0.2) is 109 Å². The van der Waals surface area contributed by atoms with Crippen molar-refractivity contribution in [2.24, 2.45) is 0 Å². The first kappa shape index (κ1) is 23.5. The second kappa shape index (κ2) is 7.95. The van der Waals surface area contributed by atoms with Crippen LogP contribution in [0.25, 0.3) is 0 Å². The molecule has 0 spiro atoms. The molecule has 1 aliphatic carbocycles. The highest BCUT2D eigenvalue weighted by atomic mass is 15.3. The average molecular weight is 526 g/mol. The minimum absolute atomic E-state index is 0.0473. The van der Waals surface area contributed by atoms with Gasteiger partial charge in [0.05, 0.1) is 11.0 Å². The molecule has 1 nitrogen and oxygen atoms in total. The highest BCUT2D eigenvalue weighted by molar-refractivity contribution is 6.99. The van der Waals surface area contributed by atoms with Crippen molar-refractivity contribution >= 4 is 34.5 Å². The van der Waals surface area contributed by atoms with Crippen LogP contribution in [0.2, 0.25) is 0 Å². The zero-order chi connectivity index (χ0) is 27.4. The Hall–Kier alpha value is -4.22. The molecule has 1 fully saturated rings. The number of anilines is 2. The second-order valence-corrected chi connectivity index (χ2v) is 13.0. The molecule has 0 aromatic heterocycles. The molecule has 5 aromatic carbocycles. The smallest absolute Gasteiger partial charge is 0.247 e. The van der Waals surface area contributed by atoms with Crippen LogP contribution in [-0.4, -0.2) is 12.3 Å². The molecule has 0 radical (unpaired) electrons. The van der Waals surface area contributed by atoms with Gasteiger partial charge in [0.2, 0.25) is 6.71 Å². The van der Waals surface area contributed by atoms with E-state index in [1.165, 1.54) is 75.7 Å². The van der Waals surface area contributed by atoms with Gasteiger partial charge in [-0.15, -0.1) is 0 Å². The van der Waals surface area contributed by atoms with E-state index in [0.29, 0.717) is 0 Å². The summed E-state index contributed by atoms with van der Waals surface area (Å²) in [4.78, 5) is 2.81. The maximum atomic E-state index is 3.32. The molecule has 41 heavy (non-hydrogen) atoms. The molecule has 1 saturated carbocycles. The van der Waals surface area contributed by atoms with Gasteiger partial charge in [-0.05, 0) is 82.8 Å². The van der Waals surface area contributed by atoms with Crippen molar-refractivity contribution in [3.8, 4) is 0 Å². The van der Waals surface area contributed by atoms with Gasteiger partial charge < -0.3 is 4.90 Å². The van der Waals surface area contributed by atoms with Crippen molar-refractivity contribution in [2.45, 2.75) is 55.9 Å². The van der Waals surface area contributed by atoms with E-state index in [1.54, 1.807) is 5.56 Å². The Morgan fingerprint density at radius 2 is 1.39 bits per heavy atom. The standard InChI is InChI=1S/C39H32BN/c1-37-25-11-12-26-38(37,2)41-34-24-14-20-30-35(34)40(33-23-13-21-31(37)36(33)41)32-22-10-9-19-29(32)39(30,27-15-5-3-6-16-27)28-17-7-4-8-18-28/h3,5-7,9-10,13-24H,11-12,25-26H2,1-2H3. The minimum Gasteiger partial charge on any atom is -0.335 e. The number of hydrogen-bond acceptors (Lipinski definition) is 1. The van der Waals surface area contributed by atoms with E-state index in [0.717, 1.165) is 0 Å². The summed E-state index contributed by atoms with van der Waals surface area (Å²) >= 11 is 0. The van der Waals surface area contributed by atoms with Crippen LogP contribution in [0.4, 0.5) is 11.4 Å². The number of nitrogens with zero attached hydrogens (tertiary/aromatic N) is 1. The van der Waals surface area contributed by atoms with Crippen molar-refractivity contribution in [2.75, 3.05) is 4.90 Å². The third-order valence-corrected chi connectivity index (χ3v) is 11.5. The number of rotatable bonds is 2. The van der Waals surface area contributed by atoms with E-state index in [2.05, 4.69) is 134 Å². The molecule has 0 N–H and O–H groups in total. The van der Waals surface area contributed by atoms with Crippen LogP contribution in [0, 0.1) is 12.1 Å². The zero-order valence-electron chi connectivity index (χ0n) is 23.7. The van der Waals surface area contributed by atoms with Crippen molar-refractivity contribution in [3.05, 3.63) is 149 Å². The van der Waals surface area contributed by atoms with Gasteiger partial charge in [0.25, 0.3) is 0 Å². The number of para-hydroxylation sites is 1. The molecule has 3 atom stereocenters. The molecule has 0 amide bonds. The summed E-state index contributed by atoms with van der Waals surface area (Å²) in [5.41, 5.74) is 13.9. The van der Waals surface area contributed by atoms with Gasteiger partial charge in [-0.1, -0.05) is 122 Å². The fraction of sp³-hybridized carbons (Fsp3) is 0.231. The number of hydrogen-bond donors (Lipinski definition) is 0. The molecule has 9 rings (SSSR count). The lowest BCUT2D eigenvalue weighted by atomic mass is 9.29. The van der Waals surface area contributed by atoms with Crippen LogP contribution in [0.1, 0.15) is 67.3 Å². The largest absolute Gasteiger partial charge is 0.335 e. The third kappa shape index (κ3) is 2.62. The van der Waals surface area contributed by atoms with Crippen molar-refractivity contribution in [1.82, 2.24) is 0 Å². The topological polar surface area (TPSA) is 3.24 Å². The summed E-state index contributed by atoms with van der Waals surface area (Å²) in [6.45, 7) is 5.31. The van der Waals surface area contributed by atoms with Gasteiger partial charge >= 0.3 is 0 Å². The molecule has 3 unspecified atom stereocenters. The summed E-state index contributed by atoms with van der Waals surface area (Å²) in [5, 5.41) is 0. The average Bonchev–Trinajstić information content (AvgIpc) is 3.24. The summed E-state index contributed by atoms with van der Waals surface area (Å²) in [6, 6.07) is 47.7. The molecule has 3 heterocycles. The lowest BCUT2D eigenvalue weighted by molar-refractivity contribution is 0.195. The Bertz CT molecular complexity index is 1800. The van der Waals surface area contributed by atoms with Crippen molar-refractivity contribution in [1.29, 1.82) is 0 Å². The van der Waals surface area contributed by atoms with E-state index in [1.807, 2.05) is 6.07 Å². The van der Waals surface area contributed by atoms with Crippen LogP contribution < -0.4 is 21.3 Å². The van der Waals surface area contributed by atoms with E-state index in [9.17, 15) is 0 Å². The van der Waals surface area contributed by atoms with Crippen LogP contribution in [-0.2, 0) is 10.8 Å². The predicted octanol–water partition coefficient (Wildman–Crippen LogP) is 6.55. The molecule has 0 saturated heterocycles. The monoisotopic (exact) mass is 525 g/mol. The Balaban J connectivity index is 1.46. The van der Waals surface area contributed by atoms with Crippen molar-refractivity contribution in [3.63, 3.8) is 0 Å². The quantitative estimate of drug-likeness (QED) is 0.232. The maximum Gasteiger partial charge on any atom is 0.247 e. The van der Waals surface area contributed by atoms with Crippen molar-refractivity contribution < 1.29 is 0 Å². The highest BCUT2D eigenvalue weighted by Gasteiger charge is 2.62. The first-order chi connectivity index (χ1) is 20.1. The fourth-order valence-corrected chi connectivity index (χ4v) is 9.55. The number of benzene rings is 4. The molecule has 2 heteroatoms. The molecular weight excluding hydrogens is 493 g/mol. The maximum absolute atomic E-state index is 3.32. The molecule has 4 aliphatic rings. The summed E-state index contributed by atoms with van der Waals surface area (Å²) < 4.78 is 0. The van der Waals surface area contributed by atoms with Gasteiger partial charge in [-0.2, -0.15) is 0 Å². The fourth-order valence-electron chi connectivity index (χ4n) is 9.55. The van der Waals surface area contributed by atoms with Crippen LogP contribution in [0.5, 0.6) is 0 Å². The van der Waals surface area contributed by atoms with Gasteiger partial charge in [0, 0.05) is 16.8 Å². The second-order valence-electron chi connectivity index (χ2n) is 13.0. The van der Waals surface area contributed by atoms with E-state index in [4.69, 9.17) is 0 Å². The Labute approximate surface area is 244 Å². The first-order valence-corrected chi connectivity index (χ1v) is 15.2. The zero-order valence-corrected chi connectivity index (χ0v) is 23.7. The minimum atomic E-state index is -0.448. The lowest BCUT2D eigenvalue weighted by Gasteiger charge is -2.53.